The van der Waals surface area contributed by atoms with Gasteiger partial charge in [-0.3, -0.25) is 9.69 Å². The number of hydrogen-bond acceptors (Lipinski definition) is 7. The number of aromatic amines is 1. The van der Waals surface area contributed by atoms with E-state index in [-0.39, 0.29) is 10.7 Å². The summed E-state index contributed by atoms with van der Waals surface area (Å²) in [5, 5.41) is 22.0. The number of H-pyrrole nitrogens is 1. The van der Waals surface area contributed by atoms with E-state index in [4.69, 9.17) is 36.0 Å². The number of carbonyl (C=O) groups excluding carboxylic acids is 1. The third-order valence-electron chi connectivity index (χ3n) is 6.00. The minimum absolute atomic E-state index is 0.157. The molecule has 5 rings (SSSR count). The Morgan fingerprint density at radius 1 is 1.05 bits per heavy atom. The molecule has 1 saturated heterocycles. The predicted molar refractivity (Wildman–Crippen MR) is 164 cm³/mol. The Labute approximate surface area is 249 Å². The smallest absolute Gasteiger partial charge is 0.327 e. The second-order valence-electron chi connectivity index (χ2n) is 8.68. The van der Waals surface area contributed by atoms with Crippen LogP contribution in [0.4, 0.5) is 0 Å². The first-order chi connectivity index (χ1) is 19.3. The molecule has 1 aliphatic rings. The largest absolute Gasteiger partial charge is 0.480 e. The Bertz CT molecular complexity index is 1700. The maximum atomic E-state index is 13.2. The fraction of sp³-hybridized carbons (Fsp3) is 0.0714. The van der Waals surface area contributed by atoms with E-state index in [1.807, 2.05) is 66.7 Å². The fourth-order valence-electron chi connectivity index (χ4n) is 4.01. The zero-order valence-electron chi connectivity index (χ0n) is 20.6. The molecular formula is C28H20ClN5O3S3. The molecule has 40 heavy (non-hydrogen) atoms. The number of nitrogens with zero attached hydrogens (tertiary/aromatic N) is 4. The fourth-order valence-corrected chi connectivity index (χ4v) is 5.68. The zero-order chi connectivity index (χ0) is 28.2. The van der Waals surface area contributed by atoms with Gasteiger partial charge in [-0.2, -0.15) is 14.9 Å². The highest BCUT2D eigenvalue weighted by atomic mass is 35.5. The van der Waals surface area contributed by atoms with E-state index in [9.17, 15) is 14.7 Å². The average Bonchev–Trinajstić information content (AvgIpc) is 3.45. The molecule has 1 aliphatic heterocycles. The number of hydrogen-bond donors (Lipinski definition) is 2. The molecule has 0 spiro atoms. The lowest BCUT2D eigenvalue weighted by atomic mass is 10.0. The molecular weight excluding hydrogens is 586 g/mol. The summed E-state index contributed by atoms with van der Waals surface area (Å²) in [5.41, 5.74) is 3.16. The number of thioether (sulfide) groups is 1. The normalized spacial score (nSPS) is 15.3. The third-order valence-corrected chi connectivity index (χ3v) is 7.85. The quantitative estimate of drug-likeness (QED) is 0.143. The van der Waals surface area contributed by atoms with E-state index in [0.29, 0.717) is 20.5 Å². The number of carbonyl (C=O) groups is 2. The minimum Gasteiger partial charge on any atom is -0.480 e. The molecule has 1 aromatic heterocycles. The van der Waals surface area contributed by atoms with Gasteiger partial charge in [-0.05, 0) is 59.2 Å². The number of rotatable bonds is 8. The summed E-state index contributed by atoms with van der Waals surface area (Å²) in [5.74, 6) is -0.987. The molecule has 1 amide bonds. The van der Waals surface area contributed by atoms with Gasteiger partial charge in [-0.1, -0.05) is 90.2 Å². The maximum Gasteiger partial charge on any atom is 0.327 e. The first-order valence-electron chi connectivity index (χ1n) is 11.9. The average molecular weight is 606 g/mol. The Balaban J connectivity index is 1.32. The number of aromatic nitrogens is 3. The number of nitrogens with one attached hydrogen (secondary N) is 1. The lowest BCUT2D eigenvalue weighted by molar-refractivity contribution is -0.145. The van der Waals surface area contributed by atoms with Crippen molar-refractivity contribution in [3.63, 3.8) is 0 Å². The van der Waals surface area contributed by atoms with Crippen molar-refractivity contribution < 1.29 is 14.7 Å². The molecule has 0 bridgehead atoms. The van der Waals surface area contributed by atoms with Crippen LogP contribution in [0, 0.1) is 4.77 Å². The molecule has 4 aromatic rings. The summed E-state index contributed by atoms with van der Waals surface area (Å²) in [7, 11) is 0. The van der Waals surface area contributed by atoms with Gasteiger partial charge in [0.1, 0.15) is 10.4 Å². The van der Waals surface area contributed by atoms with Crippen molar-refractivity contribution in [3.8, 4) is 11.4 Å². The summed E-state index contributed by atoms with van der Waals surface area (Å²) in [6.07, 6.45) is 3.51. The number of benzene rings is 3. The highest BCUT2D eigenvalue weighted by Gasteiger charge is 2.40. The number of halogens is 1. The van der Waals surface area contributed by atoms with Crippen molar-refractivity contribution in [3.05, 3.63) is 110 Å². The van der Waals surface area contributed by atoms with E-state index in [2.05, 4.69) is 15.3 Å². The van der Waals surface area contributed by atoms with Crippen LogP contribution >= 0.6 is 47.8 Å². The van der Waals surface area contributed by atoms with Gasteiger partial charge in [0.25, 0.3) is 5.91 Å². The summed E-state index contributed by atoms with van der Waals surface area (Å²) < 4.78 is 2.08. The summed E-state index contributed by atoms with van der Waals surface area (Å²) >= 11 is 17.8. The monoisotopic (exact) mass is 605 g/mol. The Morgan fingerprint density at radius 3 is 2.40 bits per heavy atom. The lowest BCUT2D eigenvalue weighted by Crippen LogP contribution is -2.45. The molecule has 0 saturated carbocycles. The van der Waals surface area contributed by atoms with Crippen LogP contribution in [0.5, 0.6) is 0 Å². The van der Waals surface area contributed by atoms with Gasteiger partial charge in [0.2, 0.25) is 4.77 Å². The number of carboxylic acid groups (broad SMARTS) is 1. The topological polar surface area (TPSA) is 104 Å². The van der Waals surface area contributed by atoms with Gasteiger partial charge in [0.15, 0.2) is 5.82 Å². The second-order valence-corrected chi connectivity index (χ2v) is 11.2. The standard InChI is InChI=1S/C28H20ClN5O3S3/c29-21-12-10-20(11-13-21)24-31-32-27(38)34(24)30-16-19-8-6-18(7-9-19)15-23-25(35)33(28(39)40-23)22(26(36)37)14-17-4-2-1-3-5-17/h1-13,15-16,22H,14H2,(H,32,38)(H,36,37)/b23-15-,30-16+/t22-/m0/s1. The molecule has 200 valence electrons. The maximum absolute atomic E-state index is 13.2. The van der Waals surface area contributed by atoms with Crippen LogP contribution in [0.1, 0.15) is 16.7 Å². The van der Waals surface area contributed by atoms with Gasteiger partial charge in [-0.25, -0.2) is 9.89 Å². The minimum atomic E-state index is -1.11. The van der Waals surface area contributed by atoms with Crippen LogP contribution in [-0.2, 0) is 16.0 Å². The Morgan fingerprint density at radius 2 is 1.73 bits per heavy atom. The molecule has 2 heterocycles. The molecule has 1 fully saturated rings. The van der Waals surface area contributed by atoms with E-state index in [1.54, 1.807) is 24.4 Å². The van der Waals surface area contributed by atoms with Crippen molar-refractivity contribution in [1.29, 1.82) is 0 Å². The SMILES string of the molecule is O=C(O)[C@H](Cc1ccccc1)N1C(=O)/C(=C/c2ccc(/C=N/n3c(-c4ccc(Cl)cc4)n[nH]c3=S)cc2)SC1=S. The van der Waals surface area contributed by atoms with Gasteiger partial charge in [0.05, 0.1) is 11.1 Å². The first kappa shape index (κ1) is 27.7. The highest BCUT2D eigenvalue weighted by Crippen LogP contribution is 2.35. The van der Waals surface area contributed by atoms with Gasteiger partial charge >= 0.3 is 5.97 Å². The van der Waals surface area contributed by atoms with Crippen LogP contribution in [0.2, 0.25) is 5.02 Å². The third kappa shape index (κ3) is 6.13. The van der Waals surface area contributed by atoms with E-state index in [0.717, 1.165) is 34.0 Å². The van der Waals surface area contributed by atoms with Crippen molar-refractivity contribution in [1.82, 2.24) is 19.8 Å². The van der Waals surface area contributed by atoms with Crippen LogP contribution in [0.3, 0.4) is 0 Å². The highest BCUT2D eigenvalue weighted by molar-refractivity contribution is 8.26. The number of thiocarbonyl (C=S) groups is 1. The van der Waals surface area contributed by atoms with Crippen LogP contribution in [0.25, 0.3) is 17.5 Å². The van der Waals surface area contributed by atoms with Gasteiger partial charge in [0, 0.05) is 17.0 Å². The van der Waals surface area contributed by atoms with E-state index in [1.165, 1.54) is 9.58 Å². The number of amides is 1. The molecule has 3 aromatic carbocycles. The molecule has 8 nitrogen and oxygen atoms in total. The predicted octanol–water partition coefficient (Wildman–Crippen LogP) is 6.04. The summed E-state index contributed by atoms with van der Waals surface area (Å²) in [6, 6.07) is 22.6. The lowest BCUT2D eigenvalue weighted by Gasteiger charge is -2.23. The summed E-state index contributed by atoms with van der Waals surface area (Å²) in [6.45, 7) is 0. The number of carboxylic acids is 1. The number of aliphatic carboxylic acids is 1. The van der Waals surface area contributed by atoms with Crippen LogP contribution in [0.15, 0.2) is 88.9 Å². The van der Waals surface area contributed by atoms with Crippen LogP contribution in [-0.4, -0.2) is 53.3 Å². The van der Waals surface area contributed by atoms with Gasteiger partial charge < -0.3 is 5.11 Å². The molecule has 0 aliphatic carbocycles. The molecule has 0 radical (unpaired) electrons. The molecule has 0 unspecified atom stereocenters. The molecule has 2 N–H and O–H groups in total. The Kier molecular flexibility index (Phi) is 8.36. The zero-order valence-corrected chi connectivity index (χ0v) is 23.8. The first-order valence-corrected chi connectivity index (χ1v) is 13.9. The van der Waals surface area contributed by atoms with Crippen molar-refractivity contribution in [2.75, 3.05) is 0 Å². The van der Waals surface area contributed by atoms with Crippen molar-refractivity contribution in [2.24, 2.45) is 5.10 Å². The second kappa shape index (κ2) is 12.1. The van der Waals surface area contributed by atoms with Crippen molar-refractivity contribution in [2.45, 2.75) is 12.5 Å². The van der Waals surface area contributed by atoms with E-state index >= 15 is 0 Å². The van der Waals surface area contributed by atoms with Gasteiger partial charge in [-0.15, -0.1) is 0 Å². The summed E-state index contributed by atoms with van der Waals surface area (Å²) in [4.78, 5) is 26.8. The Hall–Kier alpha value is -3.90. The molecule has 1 atom stereocenters. The van der Waals surface area contributed by atoms with E-state index < -0.39 is 17.9 Å². The molecule has 12 heteroatoms. The van der Waals surface area contributed by atoms with Crippen LogP contribution < -0.4 is 0 Å². The van der Waals surface area contributed by atoms with Crippen molar-refractivity contribution >= 4 is 76.3 Å².